The van der Waals surface area contributed by atoms with E-state index in [0.29, 0.717) is 49.5 Å². The third kappa shape index (κ3) is 6.58. The van der Waals surface area contributed by atoms with Crippen LogP contribution in [0.5, 0.6) is 5.75 Å². The van der Waals surface area contributed by atoms with E-state index in [-0.39, 0.29) is 17.4 Å². The predicted octanol–water partition coefficient (Wildman–Crippen LogP) is 9.50. The molecule has 0 heterocycles. The lowest BCUT2D eigenvalue weighted by molar-refractivity contribution is -0.132. The summed E-state index contributed by atoms with van der Waals surface area (Å²) in [6, 6.07) is 10.9. The third-order valence-electron chi connectivity index (χ3n) is 6.86. The molecular formula is C30H27F7O. The average molecular weight is 537 g/mol. The second-order valence-electron chi connectivity index (χ2n) is 9.64. The molecule has 1 aliphatic carbocycles. The number of hydrogen-bond acceptors (Lipinski definition) is 1. The van der Waals surface area contributed by atoms with Crippen LogP contribution in [0.4, 0.5) is 30.7 Å². The monoisotopic (exact) mass is 536 g/mol. The largest absolute Gasteiger partial charge is 0.429 e. The highest BCUT2D eigenvalue weighted by molar-refractivity contribution is 5.64. The molecule has 0 unspecified atom stereocenters. The first kappa shape index (κ1) is 27.7. The lowest BCUT2D eigenvalue weighted by Crippen LogP contribution is -2.22. The van der Waals surface area contributed by atoms with Crippen LogP contribution in [-0.2, 0) is 6.42 Å². The van der Waals surface area contributed by atoms with Crippen LogP contribution in [0.2, 0.25) is 0 Å². The summed E-state index contributed by atoms with van der Waals surface area (Å²) in [6.45, 7) is 2.08. The standard InChI is InChI=1S/C30H27F7O/c1-2-3-18-4-8-20(9-5-18)22-14-24(31)28(25(32)15-22)21-10-6-19(7-11-21)12-13-30(36,37)38-23-16-26(33)29(35)27(34)17-23/h4-5,8-9,12-17,19,21H,2-3,6-7,10-11H2,1H3. The van der Waals surface area contributed by atoms with Crippen molar-refractivity contribution in [3.8, 4) is 16.9 Å². The zero-order valence-corrected chi connectivity index (χ0v) is 20.7. The number of alkyl halides is 2. The Morgan fingerprint density at radius 1 is 0.789 bits per heavy atom. The molecule has 0 bridgehead atoms. The Morgan fingerprint density at radius 2 is 1.37 bits per heavy atom. The van der Waals surface area contributed by atoms with Crippen LogP contribution in [0.3, 0.4) is 0 Å². The molecule has 8 heteroatoms. The van der Waals surface area contributed by atoms with E-state index < -0.39 is 40.9 Å². The topological polar surface area (TPSA) is 9.23 Å². The second kappa shape index (κ2) is 11.6. The van der Waals surface area contributed by atoms with E-state index in [4.69, 9.17) is 0 Å². The molecule has 1 aliphatic rings. The van der Waals surface area contributed by atoms with Gasteiger partial charge in [-0.05, 0) is 72.8 Å². The van der Waals surface area contributed by atoms with Crippen LogP contribution in [0.15, 0.2) is 60.7 Å². The molecule has 1 saturated carbocycles. The second-order valence-corrected chi connectivity index (χ2v) is 9.64. The predicted molar refractivity (Wildman–Crippen MR) is 132 cm³/mol. The molecule has 0 aromatic heterocycles. The molecule has 1 nitrogen and oxygen atoms in total. The molecule has 3 aromatic rings. The van der Waals surface area contributed by atoms with Gasteiger partial charge in [-0.2, -0.15) is 8.78 Å². The van der Waals surface area contributed by atoms with Crippen LogP contribution in [0.1, 0.15) is 56.1 Å². The Bertz CT molecular complexity index is 1250. The number of halogens is 7. The van der Waals surface area contributed by atoms with E-state index in [0.717, 1.165) is 24.0 Å². The molecule has 4 rings (SSSR count). The quantitative estimate of drug-likeness (QED) is 0.158. The molecule has 38 heavy (non-hydrogen) atoms. The van der Waals surface area contributed by atoms with Crippen LogP contribution < -0.4 is 4.74 Å². The van der Waals surface area contributed by atoms with Crippen molar-refractivity contribution in [2.75, 3.05) is 0 Å². The molecule has 0 atom stereocenters. The van der Waals surface area contributed by atoms with Gasteiger partial charge in [0.05, 0.1) is 0 Å². The summed E-state index contributed by atoms with van der Waals surface area (Å²) in [4.78, 5) is 0. The lowest BCUT2D eigenvalue weighted by atomic mass is 9.78. The van der Waals surface area contributed by atoms with Crippen molar-refractivity contribution in [1.82, 2.24) is 0 Å². The molecule has 1 fully saturated rings. The van der Waals surface area contributed by atoms with Gasteiger partial charge < -0.3 is 4.74 Å². The maximum absolute atomic E-state index is 15.0. The first-order valence-electron chi connectivity index (χ1n) is 12.5. The minimum absolute atomic E-state index is 0.00723. The van der Waals surface area contributed by atoms with E-state index in [9.17, 15) is 22.0 Å². The van der Waals surface area contributed by atoms with Crippen molar-refractivity contribution in [3.63, 3.8) is 0 Å². The first-order valence-corrected chi connectivity index (χ1v) is 12.5. The zero-order valence-electron chi connectivity index (χ0n) is 20.7. The first-order chi connectivity index (χ1) is 18.1. The van der Waals surface area contributed by atoms with Gasteiger partial charge in [0.25, 0.3) is 0 Å². The highest BCUT2D eigenvalue weighted by Crippen LogP contribution is 2.40. The fourth-order valence-corrected chi connectivity index (χ4v) is 4.92. The van der Waals surface area contributed by atoms with Gasteiger partial charge in [-0.25, -0.2) is 22.0 Å². The Hall–Kier alpha value is -3.29. The molecule has 0 N–H and O–H groups in total. The summed E-state index contributed by atoms with van der Waals surface area (Å²) >= 11 is 0. The Morgan fingerprint density at radius 3 is 1.92 bits per heavy atom. The smallest absolute Gasteiger partial charge is 0.419 e. The highest BCUT2D eigenvalue weighted by Gasteiger charge is 2.31. The Kier molecular flexibility index (Phi) is 8.48. The molecule has 0 amide bonds. The van der Waals surface area contributed by atoms with Crippen LogP contribution in [-0.4, -0.2) is 6.11 Å². The van der Waals surface area contributed by atoms with Gasteiger partial charge in [0, 0.05) is 23.8 Å². The SMILES string of the molecule is CCCc1ccc(-c2cc(F)c(C3CCC(C=CC(F)(F)Oc4cc(F)c(F)c(F)c4)CC3)c(F)c2)cc1. The zero-order chi connectivity index (χ0) is 27.4. The maximum atomic E-state index is 15.0. The van der Waals surface area contributed by atoms with E-state index in [1.54, 1.807) is 0 Å². The van der Waals surface area contributed by atoms with Gasteiger partial charge >= 0.3 is 6.11 Å². The van der Waals surface area contributed by atoms with E-state index in [1.807, 2.05) is 24.3 Å². The van der Waals surface area contributed by atoms with Crippen molar-refractivity contribution in [3.05, 3.63) is 101 Å². The average Bonchev–Trinajstić information content (AvgIpc) is 2.87. The van der Waals surface area contributed by atoms with E-state index in [2.05, 4.69) is 11.7 Å². The molecule has 202 valence electrons. The summed E-state index contributed by atoms with van der Waals surface area (Å²) in [5, 5.41) is 0. The molecule has 0 spiro atoms. The summed E-state index contributed by atoms with van der Waals surface area (Å²) in [6.07, 6.45) is 1.36. The normalized spacial score (nSPS) is 18.2. The van der Waals surface area contributed by atoms with E-state index in [1.165, 1.54) is 18.2 Å². The van der Waals surface area contributed by atoms with Gasteiger partial charge in [0.15, 0.2) is 17.5 Å². The lowest BCUT2D eigenvalue weighted by Gasteiger charge is -2.28. The fraction of sp³-hybridized carbons (Fsp3) is 0.333. The highest BCUT2D eigenvalue weighted by atomic mass is 19.3. The minimum Gasteiger partial charge on any atom is -0.429 e. The summed E-state index contributed by atoms with van der Waals surface area (Å²) in [5.74, 6) is -7.86. The van der Waals surface area contributed by atoms with Crippen molar-refractivity contribution in [2.45, 2.75) is 57.5 Å². The van der Waals surface area contributed by atoms with Gasteiger partial charge in [-0.3, -0.25) is 0 Å². The van der Waals surface area contributed by atoms with Crippen molar-refractivity contribution < 1.29 is 35.5 Å². The molecule has 0 radical (unpaired) electrons. The van der Waals surface area contributed by atoms with Crippen LogP contribution >= 0.6 is 0 Å². The number of allylic oxidation sites excluding steroid dienone is 1. The number of aryl methyl sites for hydroxylation is 1. The third-order valence-corrected chi connectivity index (χ3v) is 6.86. The molecule has 3 aromatic carbocycles. The number of ether oxygens (including phenoxy) is 1. The van der Waals surface area contributed by atoms with Gasteiger partial charge in [-0.15, -0.1) is 0 Å². The van der Waals surface area contributed by atoms with Gasteiger partial charge in [0.1, 0.15) is 17.4 Å². The number of rotatable bonds is 8. The van der Waals surface area contributed by atoms with Gasteiger partial charge in [-0.1, -0.05) is 43.7 Å². The van der Waals surface area contributed by atoms with E-state index >= 15 is 8.78 Å². The molecule has 0 saturated heterocycles. The fourth-order valence-electron chi connectivity index (χ4n) is 4.92. The van der Waals surface area contributed by atoms with Crippen LogP contribution in [0, 0.1) is 35.0 Å². The van der Waals surface area contributed by atoms with Crippen LogP contribution in [0.25, 0.3) is 11.1 Å². The minimum atomic E-state index is -3.89. The number of hydrogen-bond donors (Lipinski definition) is 0. The summed E-state index contributed by atoms with van der Waals surface area (Å²) < 4.78 is 102. The Labute approximate surface area is 217 Å². The Balaban J connectivity index is 1.38. The number of benzene rings is 3. The molecular weight excluding hydrogens is 509 g/mol. The van der Waals surface area contributed by atoms with Crippen molar-refractivity contribution in [2.24, 2.45) is 5.92 Å². The van der Waals surface area contributed by atoms with Crippen molar-refractivity contribution >= 4 is 0 Å². The summed E-state index contributed by atoms with van der Waals surface area (Å²) in [5.41, 5.74) is 2.33. The van der Waals surface area contributed by atoms with Crippen molar-refractivity contribution in [1.29, 1.82) is 0 Å². The maximum Gasteiger partial charge on any atom is 0.419 e. The molecule has 0 aliphatic heterocycles. The van der Waals surface area contributed by atoms with Gasteiger partial charge in [0.2, 0.25) is 0 Å². The summed E-state index contributed by atoms with van der Waals surface area (Å²) in [7, 11) is 0.